The summed E-state index contributed by atoms with van der Waals surface area (Å²) in [5, 5.41) is -0.467. The first kappa shape index (κ1) is 21.1. The highest BCUT2D eigenvalue weighted by Gasteiger charge is 2.36. The van der Waals surface area contributed by atoms with Crippen molar-refractivity contribution in [3.8, 4) is 11.5 Å². The molecule has 29 heavy (non-hydrogen) atoms. The second-order valence-corrected chi connectivity index (χ2v) is 7.95. The largest absolute Gasteiger partial charge is 0.493 e. The highest BCUT2D eigenvalue weighted by Crippen LogP contribution is 2.34. The van der Waals surface area contributed by atoms with Gasteiger partial charge in [-0.3, -0.25) is 19.3 Å². The molecule has 2 amide bonds. The highest BCUT2D eigenvalue weighted by atomic mass is 79.9. The van der Waals surface area contributed by atoms with Crippen molar-refractivity contribution in [3.63, 3.8) is 0 Å². The van der Waals surface area contributed by atoms with Crippen LogP contribution in [0.2, 0.25) is 0 Å². The summed E-state index contributed by atoms with van der Waals surface area (Å²) in [4.78, 5) is 38.6. The van der Waals surface area contributed by atoms with Gasteiger partial charge in [0.2, 0.25) is 0 Å². The van der Waals surface area contributed by atoms with Crippen LogP contribution in [0, 0.1) is 0 Å². The quantitative estimate of drug-likeness (QED) is 0.423. The Hall–Kier alpha value is -2.58. The molecule has 0 bridgehead atoms. The number of amides is 2. The zero-order valence-electron chi connectivity index (χ0n) is 15.8. The van der Waals surface area contributed by atoms with Gasteiger partial charge >= 0.3 is 0 Å². The Morgan fingerprint density at radius 3 is 2.52 bits per heavy atom. The van der Waals surface area contributed by atoms with E-state index in [0.29, 0.717) is 29.2 Å². The average molecular weight is 476 g/mol. The number of ether oxygens (including phenoxy) is 2. The third-order valence-corrected chi connectivity index (χ3v) is 5.56. The Kier molecular flexibility index (Phi) is 6.76. The molecule has 0 radical (unpaired) electrons. The summed E-state index contributed by atoms with van der Waals surface area (Å²) in [5.41, 5.74) is 1.13. The number of methoxy groups -OCH3 is 1. The smallest absolute Gasteiger partial charge is 0.293 e. The van der Waals surface area contributed by atoms with Crippen molar-refractivity contribution in [3.05, 3.63) is 63.0 Å². The molecule has 0 atom stereocenters. The van der Waals surface area contributed by atoms with Crippen molar-refractivity contribution >= 4 is 50.7 Å². The van der Waals surface area contributed by atoms with Gasteiger partial charge in [-0.25, -0.2) is 0 Å². The van der Waals surface area contributed by atoms with E-state index >= 15 is 0 Å². The van der Waals surface area contributed by atoms with Gasteiger partial charge in [-0.15, -0.1) is 0 Å². The zero-order valence-corrected chi connectivity index (χ0v) is 18.2. The molecular weight excluding hydrogens is 458 g/mol. The minimum Gasteiger partial charge on any atom is -0.493 e. The predicted octanol–water partition coefficient (Wildman–Crippen LogP) is 4.78. The maximum absolute atomic E-state index is 12.7. The fourth-order valence-electron chi connectivity index (χ4n) is 2.71. The maximum atomic E-state index is 12.7. The number of Topliss-reactive ketones (excluding diaryl/α,β-unsaturated/α-hetero) is 1. The van der Waals surface area contributed by atoms with Crippen molar-refractivity contribution in [2.75, 3.05) is 20.3 Å². The maximum Gasteiger partial charge on any atom is 0.293 e. The summed E-state index contributed by atoms with van der Waals surface area (Å²) in [7, 11) is 1.55. The van der Waals surface area contributed by atoms with E-state index in [-0.39, 0.29) is 17.2 Å². The fraction of sp³-hybridized carbons (Fsp3) is 0.190. The molecule has 0 unspecified atom stereocenters. The Labute approximate surface area is 181 Å². The first-order valence-electron chi connectivity index (χ1n) is 8.78. The normalized spacial score (nSPS) is 15.1. The minimum atomic E-state index is -0.487. The topological polar surface area (TPSA) is 72.9 Å². The van der Waals surface area contributed by atoms with E-state index in [0.717, 1.165) is 21.1 Å². The van der Waals surface area contributed by atoms with Gasteiger partial charge in [0, 0.05) is 10.0 Å². The van der Waals surface area contributed by atoms with Gasteiger partial charge < -0.3 is 9.47 Å². The van der Waals surface area contributed by atoms with Crippen LogP contribution < -0.4 is 9.47 Å². The molecule has 0 spiro atoms. The highest BCUT2D eigenvalue weighted by molar-refractivity contribution is 9.10. The Morgan fingerprint density at radius 2 is 1.86 bits per heavy atom. The molecule has 1 heterocycles. The monoisotopic (exact) mass is 475 g/mol. The number of benzene rings is 2. The number of hydrogen-bond acceptors (Lipinski definition) is 6. The summed E-state index contributed by atoms with van der Waals surface area (Å²) in [6.45, 7) is 2.03. The third kappa shape index (κ3) is 4.89. The number of carbonyl (C=O) groups excluding carboxylic acids is 3. The van der Waals surface area contributed by atoms with Crippen LogP contribution in [-0.4, -0.2) is 42.1 Å². The molecule has 2 aromatic carbocycles. The number of imide groups is 1. The SMILES string of the molecule is CCOc1cc(/C=C2/SC(=O)N(CC(=O)c3ccc(Br)cc3)C2=O)ccc1OC. The fourth-order valence-corrected chi connectivity index (χ4v) is 3.81. The molecule has 1 aliphatic heterocycles. The van der Waals surface area contributed by atoms with Gasteiger partial charge in [0.15, 0.2) is 17.3 Å². The van der Waals surface area contributed by atoms with Crippen LogP contribution in [0.4, 0.5) is 4.79 Å². The van der Waals surface area contributed by atoms with Crippen molar-refractivity contribution in [2.24, 2.45) is 0 Å². The van der Waals surface area contributed by atoms with Gasteiger partial charge in [-0.1, -0.05) is 34.1 Å². The van der Waals surface area contributed by atoms with Crippen molar-refractivity contribution in [2.45, 2.75) is 6.92 Å². The van der Waals surface area contributed by atoms with Crippen LogP contribution in [0.15, 0.2) is 51.8 Å². The lowest BCUT2D eigenvalue weighted by Crippen LogP contribution is -2.33. The minimum absolute atomic E-state index is 0.256. The summed E-state index contributed by atoms with van der Waals surface area (Å²) >= 11 is 4.12. The average Bonchev–Trinajstić information content (AvgIpc) is 2.96. The predicted molar refractivity (Wildman–Crippen MR) is 115 cm³/mol. The van der Waals surface area contributed by atoms with Crippen LogP contribution in [0.1, 0.15) is 22.8 Å². The number of carbonyl (C=O) groups is 3. The summed E-state index contributed by atoms with van der Waals surface area (Å²) < 4.78 is 11.6. The Morgan fingerprint density at radius 1 is 1.14 bits per heavy atom. The van der Waals surface area contributed by atoms with Crippen LogP contribution in [-0.2, 0) is 4.79 Å². The van der Waals surface area contributed by atoms with Gasteiger partial charge in [0.25, 0.3) is 11.1 Å². The number of rotatable bonds is 7. The van der Waals surface area contributed by atoms with Crippen molar-refractivity contribution in [1.82, 2.24) is 4.90 Å². The molecule has 0 aliphatic carbocycles. The van der Waals surface area contributed by atoms with E-state index in [2.05, 4.69) is 15.9 Å². The van der Waals surface area contributed by atoms with Gasteiger partial charge in [0.1, 0.15) is 0 Å². The standard InChI is InChI=1S/C21H18BrNO5S/c1-3-28-18-10-13(4-9-17(18)27-2)11-19-20(25)23(21(26)29-19)12-16(24)14-5-7-15(22)8-6-14/h4-11H,3,12H2,1-2H3/b19-11+. The van der Waals surface area contributed by atoms with E-state index in [1.807, 2.05) is 6.92 Å². The number of thioether (sulfide) groups is 1. The molecule has 2 aromatic rings. The molecule has 150 valence electrons. The second kappa shape index (κ2) is 9.28. The first-order chi connectivity index (χ1) is 13.9. The molecule has 0 aromatic heterocycles. The van der Waals surface area contributed by atoms with E-state index in [4.69, 9.17) is 9.47 Å². The van der Waals surface area contributed by atoms with Gasteiger partial charge in [-0.2, -0.15) is 0 Å². The molecule has 6 nitrogen and oxygen atoms in total. The molecular formula is C21H18BrNO5S. The van der Waals surface area contributed by atoms with Crippen molar-refractivity contribution < 1.29 is 23.9 Å². The molecule has 3 rings (SSSR count). The lowest BCUT2D eigenvalue weighted by molar-refractivity contribution is -0.122. The van der Waals surface area contributed by atoms with Gasteiger partial charge in [-0.05, 0) is 54.6 Å². The first-order valence-corrected chi connectivity index (χ1v) is 10.4. The molecule has 1 fully saturated rings. The van der Waals surface area contributed by atoms with E-state index in [1.54, 1.807) is 55.7 Å². The molecule has 0 saturated carbocycles. The summed E-state index contributed by atoms with van der Waals surface area (Å²) in [6.07, 6.45) is 1.61. The molecule has 8 heteroatoms. The van der Waals surface area contributed by atoms with Crippen LogP contribution in [0.25, 0.3) is 6.08 Å². The van der Waals surface area contributed by atoms with Gasteiger partial charge in [0.05, 0.1) is 25.2 Å². The zero-order chi connectivity index (χ0) is 21.0. The van der Waals surface area contributed by atoms with E-state index in [1.165, 1.54) is 0 Å². The molecule has 0 N–H and O–H groups in total. The summed E-state index contributed by atoms with van der Waals surface area (Å²) in [6, 6.07) is 12.0. The summed E-state index contributed by atoms with van der Waals surface area (Å²) in [5.74, 6) is 0.342. The Balaban J connectivity index is 1.78. The van der Waals surface area contributed by atoms with Crippen LogP contribution >= 0.6 is 27.7 Å². The molecule has 1 saturated heterocycles. The molecule has 1 aliphatic rings. The number of hydrogen-bond donors (Lipinski definition) is 0. The number of halogens is 1. The van der Waals surface area contributed by atoms with Crippen LogP contribution in [0.3, 0.4) is 0 Å². The Bertz CT molecular complexity index is 987. The number of nitrogens with zero attached hydrogens (tertiary/aromatic N) is 1. The van der Waals surface area contributed by atoms with Crippen LogP contribution in [0.5, 0.6) is 11.5 Å². The van der Waals surface area contributed by atoms with E-state index in [9.17, 15) is 14.4 Å². The van der Waals surface area contributed by atoms with E-state index < -0.39 is 11.1 Å². The van der Waals surface area contributed by atoms with Crippen molar-refractivity contribution in [1.29, 1.82) is 0 Å². The lowest BCUT2D eigenvalue weighted by Gasteiger charge is -2.11. The lowest BCUT2D eigenvalue weighted by atomic mass is 10.1. The third-order valence-electron chi connectivity index (χ3n) is 4.13. The number of ketones is 1. The second-order valence-electron chi connectivity index (χ2n) is 6.04.